The standard InChI is InChI=1S/C10H8N2O3/c1-5(13)7-4-12-8-6(10(14)15)2-3-11-9(7)8/h2-4,12H,1H3,(H,14,15). The Labute approximate surface area is 84.8 Å². The van der Waals surface area contributed by atoms with Gasteiger partial charge in [0.05, 0.1) is 22.2 Å². The zero-order valence-corrected chi connectivity index (χ0v) is 7.94. The van der Waals surface area contributed by atoms with Crippen molar-refractivity contribution in [2.45, 2.75) is 6.92 Å². The first-order chi connectivity index (χ1) is 7.11. The van der Waals surface area contributed by atoms with Gasteiger partial charge in [-0.3, -0.25) is 9.78 Å². The number of fused-ring (bicyclic) bond motifs is 1. The van der Waals surface area contributed by atoms with Gasteiger partial charge >= 0.3 is 5.97 Å². The van der Waals surface area contributed by atoms with E-state index in [9.17, 15) is 9.59 Å². The van der Waals surface area contributed by atoms with Crippen LogP contribution in [0.4, 0.5) is 0 Å². The van der Waals surface area contributed by atoms with E-state index in [-0.39, 0.29) is 11.3 Å². The van der Waals surface area contributed by atoms with E-state index in [1.165, 1.54) is 25.4 Å². The van der Waals surface area contributed by atoms with Crippen LogP contribution in [0, 0.1) is 0 Å². The van der Waals surface area contributed by atoms with Gasteiger partial charge in [0.2, 0.25) is 0 Å². The normalized spacial score (nSPS) is 10.5. The van der Waals surface area contributed by atoms with Crippen molar-refractivity contribution >= 4 is 22.8 Å². The number of nitrogens with one attached hydrogen (secondary N) is 1. The summed E-state index contributed by atoms with van der Waals surface area (Å²) in [6, 6.07) is 1.39. The number of hydrogen-bond donors (Lipinski definition) is 2. The Balaban J connectivity index is 2.80. The third-order valence-corrected chi connectivity index (χ3v) is 2.18. The number of carbonyl (C=O) groups excluding carboxylic acids is 1. The second-order valence-corrected chi connectivity index (χ2v) is 3.15. The maximum absolute atomic E-state index is 11.2. The molecule has 0 aliphatic rings. The molecular weight excluding hydrogens is 196 g/mol. The number of rotatable bonds is 2. The first-order valence-corrected chi connectivity index (χ1v) is 4.31. The summed E-state index contributed by atoms with van der Waals surface area (Å²) in [5, 5.41) is 8.90. The molecule has 0 bridgehead atoms. The van der Waals surface area contributed by atoms with E-state index in [0.717, 1.165) is 0 Å². The fourth-order valence-electron chi connectivity index (χ4n) is 1.47. The summed E-state index contributed by atoms with van der Waals surface area (Å²) in [4.78, 5) is 28.8. The average Bonchev–Trinajstić information content (AvgIpc) is 2.59. The highest BCUT2D eigenvalue weighted by Crippen LogP contribution is 2.19. The number of aromatic carboxylic acids is 1. The first-order valence-electron chi connectivity index (χ1n) is 4.31. The number of hydrogen-bond acceptors (Lipinski definition) is 3. The summed E-state index contributed by atoms with van der Waals surface area (Å²) in [7, 11) is 0. The number of aromatic amines is 1. The molecule has 2 N–H and O–H groups in total. The van der Waals surface area contributed by atoms with Crippen LogP contribution in [0.25, 0.3) is 11.0 Å². The summed E-state index contributed by atoms with van der Waals surface area (Å²) >= 11 is 0. The number of carboxylic acids is 1. The van der Waals surface area contributed by atoms with Crippen LogP contribution < -0.4 is 0 Å². The van der Waals surface area contributed by atoms with E-state index in [4.69, 9.17) is 5.11 Å². The van der Waals surface area contributed by atoms with Gasteiger partial charge in [0.1, 0.15) is 0 Å². The number of ketones is 1. The van der Waals surface area contributed by atoms with Gasteiger partial charge in [-0.1, -0.05) is 0 Å². The molecule has 2 aromatic rings. The minimum absolute atomic E-state index is 0.118. The summed E-state index contributed by atoms with van der Waals surface area (Å²) in [6.45, 7) is 1.41. The van der Waals surface area contributed by atoms with Crippen LogP contribution in [0.2, 0.25) is 0 Å². The number of carboxylic acid groups (broad SMARTS) is 1. The van der Waals surface area contributed by atoms with E-state index < -0.39 is 5.97 Å². The number of carbonyl (C=O) groups is 2. The lowest BCUT2D eigenvalue weighted by molar-refractivity contribution is 0.0698. The smallest absolute Gasteiger partial charge is 0.337 e. The van der Waals surface area contributed by atoms with Gasteiger partial charge in [-0.2, -0.15) is 0 Å². The predicted molar refractivity (Wildman–Crippen MR) is 53.1 cm³/mol. The minimum Gasteiger partial charge on any atom is -0.478 e. The molecule has 2 rings (SSSR count). The number of Topliss-reactive ketones (excluding diaryl/α,β-unsaturated/α-hetero) is 1. The van der Waals surface area contributed by atoms with Gasteiger partial charge in [-0.15, -0.1) is 0 Å². The highest BCUT2D eigenvalue weighted by atomic mass is 16.4. The van der Waals surface area contributed by atoms with Crippen molar-refractivity contribution < 1.29 is 14.7 Å². The summed E-state index contributed by atoms with van der Waals surface area (Å²) in [5.74, 6) is -1.18. The Morgan fingerprint density at radius 3 is 2.73 bits per heavy atom. The molecular formula is C10H8N2O3. The average molecular weight is 204 g/mol. The Hall–Kier alpha value is -2.17. The Kier molecular flexibility index (Phi) is 2.00. The lowest BCUT2D eigenvalue weighted by Gasteiger charge is -1.96. The summed E-state index contributed by atoms with van der Waals surface area (Å²) < 4.78 is 0. The molecule has 0 saturated carbocycles. The SMILES string of the molecule is CC(=O)c1c[nH]c2c(C(=O)O)ccnc12. The highest BCUT2D eigenvalue weighted by molar-refractivity contribution is 6.09. The molecule has 76 valence electrons. The highest BCUT2D eigenvalue weighted by Gasteiger charge is 2.14. The van der Waals surface area contributed by atoms with E-state index in [0.29, 0.717) is 16.6 Å². The molecule has 2 heterocycles. The molecule has 0 aromatic carbocycles. The van der Waals surface area contributed by atoms with Crippen LogP contribution >= 0.6 is 0 Å². The van der Waals surface area contributed by atoms with Crippen molar-refractivity contribution in [3.05, 3.63) is 29.6 Å². The van der Waals surface area contributed by atoms with Crippen molar-refractivity contribution in [1.82, 2.24) is 9.97 Å². The number of pyridine rings is 1. The quantitative estimate of drug-likeness (QED) is 0.725. The van der Waals surface area contributed by atoms with E-state index in [1.54, 1.807) is 0 Å². The van der Waals surface area contributed by atoms with Crippen LogP contribution in [0.5, 0.6) is 0 Å². The Morgan fingerprint density at radius 2 is 2.13 bits per heavy atom. The number of nitrogens with zero attached hydrogens (tertiary/aromatic N) is 1. The van der Waals surface area contributed by atoms with Crippen LogP contribution in [0.3, 0.4) is 0 Å². The number of H-pyrrole nitrogens is 1. The molecule has 0 saturated heterocycles. The van der Waals surface area contributed by atoms with Crippen molar-refractivity contribution in [3.8, 4) is 0 Å². The van der Waals surface area contributed by atoms with Crippen molar-refractivity contribution in [1.29, 1.82) is 0 Å². The Bertz CT molecular complexity index is 557. The molecule has 0 unspecified atom stereocenters. The second kappa shape index (κ2) is 3.20. The molecule has 0 aliphatic carbocycles. The molecule has 0 radical (unpaired) electrons. The van der Waals surface area contributed by atoms with Gasteiger partial charge in [0, 0.05) is 12.4 Å². The number of aromatic nitrogens is 2. The van der Waals surface area contributed by atoms with Crippen molar-refractivity contribution in [2.24, 2.45) is 0 Å². The minimum atomic E-state index is -1.04. The maximum atomic E-state index is 11.2. The van der Waals surface area contributed by atoms with E-state index in [1.807, 2.05) is 0 Å². The molecule has 2 aromatic heterocycles. The third-order valence-electron chi connectivity index (χ3n) is 2.18. The van der Waals surface area contributed by atoms with Crippen molar-refractivity contribution in [3.63, 3.8) is 0 Å². The summed E-state index contributed by atoms with van der Waals surface area (Å²) in [6.07, 6.45) is 2.86. The van der Waals surface area contributed by atoms with Crippen LogP contribution in [0.1, 0.15) is 27.6 Å². The molecule has 0 aliphatic heterocycles. The summed E-state index contributed by atoms with van der Waals surface area (Å²) in [5.41, 5.74) is 1.32. The molecule has 0 spiro atoms. The van der Waals surface area contributed by atoms with Gasteiger partial charge in [-0.05, 0) is 13.0 Å². The van der Waals surface area contributed by atoms with Crippen LogP contribution in [-0.2, 0) is 0 Å². The van der Waals surface area contributed by atoms with E-state index >= 15 is 0 Å². The monoisotopic (exact) mass is 204 g/mol. The van der Waals surface area contributed by atoms with Crippen LogP contribution in [0.15, 0.2) is 18.5 Å². The van der Waals surface area contributed by atoms with Gasteiger partial charge in [-0.25, -0.2) is 4.79 Å². The first kappa shape index (κ1) is 9.39. The van der Waals surface area contributed by atoms with Gasteiger partial charge < -0.3 is 10.1 Å². The third kappa shape index (κ3) is 1.38. The van der Waals surface area contributed by atoms with Crippen molar-refractivity contribution in [2.75, 3.05) is 0 Å². The lowest BCUT2D eigenvalue weighted by Crippen LogP contribution is -1.98. The Morgan fingerprint density at radius 1 is 1.40 bits per heavy atom. The molecule has 5 nitrogen and oxygen atoms in total. The van der Waals surface area contributed by atoms with Gasteiger partial charge in [0.25, 0.3) is 0 Å². The maximum Gasteiger partial charge on any atom is 0.337 e. The second-order valence-electron chi connectivity index (χ2n) is 3.15. The molecule has 0 fully saturated rings. The zero-order valence-electron chi connectivity index (χ0n) is 7.94. The topological polar surface area (TPSA) is 83.0 Å². The molecule has 15 heavy (non-hydrogen) atoms. The molecule has 0 amide bonds. The molecule has 0 atom stereocenters. The molecule has 5 heteroatoms. The van der Waals surface area contributed by atoms with E-state index in [2.05, 4.69) is 9.97 Å². The largest absolute Gasteiger partial charge is 0.478 e. The van der Waals surface area contributed by atoms with Crippen LogP contribution in [-0.4, -0.2) is 26.8 Å². The predicted octanol–water partition coefficient (Wildman–Crippen LogP) is 1.46. The van der Waals surface area contributed by atoms with Gasteiger partial charge in [0.15, 0.2) is 5.78 Å². The fourth-order valence-corrected chi connectivity index (χ4v) is 1.47. The fraction of sp³-hybridized carbons (Fsp3) is 0.100. The zero-order chi connectivity index (χ0) is 11.0. The lowest BCUT2D eigenvalue weighted by atomic mass is 10.1.